The lowest BCUT2D eigenvalue weighted by molar-refractivity contribution is 0.589. The van der Waals surface area contributed by atoms with E-state index in [4.69, 9.17) is 0 Å². The Kier molecular flexibility index (Phi) is 4.89. The molecule has 1 fully saturated rings. The second kappa shape index (κ2) is 7.49. The van der Waals surface area contributed by atoms with Crippen LogP contribution in [-0.2, 0) is 6.54 Å². The van der Waals surface area contributed by atoms with Gasteiger partial charge < -0.3 is 14.8 Å². The van der Waals surface area contributed by atoms with Gasteiger partial charge in [0, 0.05) is 31.6 Å². The molecule has 28 heavy (non-hydrogen) atoms. The standard InChI is InChI=1S/C23H24N4O/c1-16-3-6-18(7-4-16)15-27-21-8-5-17(2)13-19(21)22(20(14-24)23(27)28)26-11-9-25-10-12-26/h3-8,13,25H,9-12,15H2,1-2H3. The van der Waals surface area contributed by atoms with Crippen LogP contribution in [0, 0.1) is 25.2 Å². The predicted molar refractivity (Wildman–Crippen MR) is 113 cm³/mol. The van der Waals surface area contributed by atoms with Crippen molar-refractivity contribution in [3.05, 3.63) is 75.1 Å². The van der Waals surface area contributed by atoms with Crippen LogP contribution in [0.3, 0.4) is 0 Å². The minimum atomic E-state index is -0.215. The zero-order valence-electron chi connectivity index (χ0n) is 16.3. The number of benzene rings is 2. The number of aryl methyl sites for hydroxylation is 2. The van der Waals surface area contributed by atoms with Crippen molar-refractivity contribution in [2.24, 2.45) is 0 Å². The zero-order valence-corrected chi connectivity index (χ0v) is 16.3. The van der Waals surface area contributed by atoms with E-state index < -0.39 is 0 Å². The molecule has 4 rings (SSSR count). The largest absolute Gasteiger partial charge is 0.367 e. The van der Waals surface area contributed by atoms with E-state index in [1.807, 2.05) is 50.2 Å². The Morgan fingerprint density at radius 1 is 1.04 bits per heavy atom. The lowest BCUT2D eigenvalue weighted by Crippen LogP contribution is -2.44. The number of piperazine rings is 1. The Bertz CT molecular complexity index is 1120. The molecule has 2 heterocycles. The molecule has 1 saturated heterocycles. The fraction of sp³-hybridized carbons (Fsp3) is 0.304. The third-order valence-corrected chi connectivity index (χ3v) is 5.40. The second-order valence-corrected chi connectivity index (χ2v) is 7.47. The summed E-state index contributed by atoms with van der Waals surface area (Å²) in [6.07, 6.45) is 0. The summed E-state index contributed by atoms with van der Waals surface area (Å²) in [6.45, 7) is 7.83. The van der Waals surface area contributed by atoms with Gasteiger partial charge in [0.25, 0.3) is 5.56 Å². The highest BCUT2D eigenvalue weighted by Gasteiger charge is 2.22. The Labute approximate surface area is 164 Å². The molecular weight excluding hydrogens is 348 g/mol. The Balaban J connectivity index is 1.96. The minimum Gasteiger partial charge on any atom is -0.367 e. The minimum absolute atomic E-state index is 0.215. The number of hydrogen-bond acceptors (Lipinski definition) is 4. The number of fused-ring (bicyclic) bond motifs is 1. The molecule has 0 bridgehead atoms. The summed E-state index contributed by atoms with van der Waals surface area (Å²) in [5, 5.41) is 14.2. The second-order valence-electron chi connectivity index (χ2n) is 7.47. The van der Waals surface area contributed by atoms with Gasteiger partial charge in [-0.15, -0.1) is 0 Å². The van der Waals surface area contributed by atoms with E-state index >= 15 is 0 Å². The van der Waals surface area contributed by atoms with E-state index in [-0.39, 0.29) is 11.1 Å². The number of pyridine rings is 1. The molecular formula is C23H24N4O. The van der Waals surface area contributed by atoms with Crippen molar-refractivity contribution in [3.8, 4) is 6.07 Å². The molecule has 0 atom stereocenters. The lowest BCUT2D eigenvalue weighted by atomic mass is 10.0. The lowest BCUT2D eigenvalue weighted by Gasteiger charge is -2.31. The molecule has 0 unspecified atom stereocenters. The number of nitrogens with one attached hydrogen (secondary N) is 1. The van der Waals surface area contributed by atoms with Gasteiger partial charge in [0.15, 0.2) is 0 Å². The molecule has 0 saturated carbocycles. The van der Waals surface area contributed by atoms with Crippen LogP contribution in [0.25, 0.3) is 10.9 Å². The molecule has 5 nitrogen and oxygen atoms in total. The first-order valence-electron chi connectivity index (χ1n) is 9.67. The Morgan fingerprint density at radius 3 is 2.39 bits per heavy atom. The van der Waals surface area contributed by atoms with Gasteiger partial charge in [0.1, 0.15) is 11.6 Å². The molecule has 0 spiro atoms. The molecule has 1 aliphatic heterocycles. The van der Waals surface area contributed by atoms with Gasteiger partial charge >= 0.3 is 0 Å². The van der Waals surface area contributed by atoms with Crippen molar-refractivity contribution in [2.75, 3.05) is 31.1 Å². The van der Waals surface area contributed by atoms with Gasteiger partial charge in [0.05, 0.1) is 17.7 Å². The number of aromatic nitrogens is 1. The maximum absolute atomic E-state index is 13.3. The van der Waals surface area contributed by atoms with Gasteiger partial charge in [-0.1, -0.05) is 41.5 Å². The maximum Gasteiger partial charge on any atom is 0.271 e. The van der Waals surface area contributed by atoms with Crippen molar-refractivity contribution in [2.45, 2.75) is 20.4 Å². The van der Waals surface area contributed by atoms with Gasteiger partial charge in [-0.25, -0.2) is 0 Å². The molecule has 5 heteroatoms. The van der Waals surface area contributed by atoms with E-state index in [0.717, 1.165) is 53.9 Å². The Morgan fingerprint density at radius 2 is 1.71 bits per heavy atom. The first kappa shape index (κ1) is 18.3. The maximum atomic E-state index is 13.3. The topological polar surface area (TPSA) is 61.1 Å². The third-order valence-electron chi connectivity index (χ3n) is 5.40. The van der Waals surface area contributed by atoms with Crippen LogP contribution in [0.4, 0.5) is 5.69 Å². The fourth-order valence-corrected chi connectivity index (χ4v) is 3.91. The van der Waals surface area contributed by atoms with Crippen molar-refractivity contribution < 1.29 is 0 Å². The van der Waals surface area contributed by atoms with Gasteiger partial charge in [-0.3, -0.25) is 4.79 Å². The molecule has 1 aliphatic rings. The number of nitrogens with zero attached hydrogens (tertiary/aromatic N) is 3. The third kappa shape index (κ3) is 3.28. The normalized spacial score (nSPS) is 14.2. The van der Waals surface area contributed by atoms with Gasteiger partial charge in [-0.2, -0.15) is 5.26 Å². The summed E-state index contributed by atoms with van der Waals surface area (Å²) in [5.74, 6) is 0. The van der Waals surface area contributed by atoms with Gasteiger partial charge in [0.2, 0.25) is 0 Å². The highest BCUT2D eigenvalue weighted by Crippen LogP contribution is 2.30. The smallest absolute Gasteiger partial charge is 0.271 e. The molecule has 142 valence electrons. The quantitative estimate of drug-likeness (QED) is 0.768. The molecule has 0 amide bonds. The molecule has 3 aromatic rings. The van der Waals surface area contributed by atoms with Crippen LogP contribution >= 0.6 is 0 Å². The predicted octanol–water partition coefficient (Wildman–Crippen LogP) is 2.95. The van der Waals surface area contributed by atoms with Crippen LogP contribution in [0.5, 0.6) is 0 Å². The van der Waals surface area contributed by atoms with Crippen LogP contribution in [0.1, 0.15) is 22.3 Å². The van der Waals surface area contributed by atoms with Crippen molar-refractivity contribution in [1.29, 1.82) is 5.26 Å². The molecule has 2 aromatic carbocycles. The van der Waals surface area contributed by atoms with Crippen LogP contribution in [0.15, 0.2) is 47.3 Å². The van der Waals surface area contributed by atoms with Crippen LogP contribution in [-0.4, -0.2) is 30.7 Å². The van der Waals surface area contributed by atoms with E-state index in [1.165, 1.54) is 5.56 Å². The van der Waals surface area contributed by atoms with E-state index in [2.05, 4.69) is 22.4 Å². The first-order valence-corrected chi connectivity index (χ1v) is 9.67. The van der Waals surface area contributed by atoms with Gasteiger partial charge in [-0.05, 0) is 31.5 Å². The average Bonchev–Trinajstić information content (AvgIpc) is 2.71. The molecule has 0 aliphatic carbocycles. The summed E-state index contributed by atoms with van der Waals surface area (Å²) < 4.78 is 1.74. The molecule has 1 aromatic heterocycles. The van der Waals surface area contributed by atoms with Crippen molar-refractivity contribution in [3.63, 3.8) is 0 Å². The van der Waals surface area contributed by atoms with Crippen molar-refractivity contribution in [1.82, 2.24) is 9.88 Å². The number of nitriles is 1. The monoisotopic (exact) mass is 372 g/mol. The summed E-state index contributed by atoms with van der Waals surface area (Å²) in [5.41, 5.74) is 5.04. The summed E-state index contributed by atoms with van der Waals surface area (Å²) in [4.78, 5) is 15.5. The summed E-state index contributed by atoms with van der Waals surface area (Å²) in [6, 6.07) is 16.5. The number of hydrogen-bond donors (Lipinski definition) is 1. The van der Waals surface area contributed by atoms with E-state index in [0.29, 0.717) is 6.54 Å². The Hall–Kier alpha value is -3.10. The van der Waals surface area contributed by atoms with Crippen molar-refractivity contribution >= 4 is 16.6 Å². The van der Waals surface area contributed by atoms with Crippen LogP contribution < -0.4 is 15.8 Å². The number of rotatable bonds is 3. The van der Waals surface area contributed by atoms with E-state index in [1.54, 1.807) is 4.57 Å². The highest BCUT2D eigenvalue weighted by atomic mass is 16.1. The zero-order chi connectivity index (χ0) is 19.7. The highest BCUT2D eigenvalue weighted by molar-refractivity contribution is 5.95. The van der Waals surface area contributed by atoms with E-state index in [9.17, 15) is 10.1 Å². The number of anilines is 1. The average molecular weight is 372 g/mol. The fourth-order valence-electron chi connectivity index (χ4n) is 3.91. The summed E-state index contributed by atoms with van der Waals surface area (Å²) in [7, 11) is 0. The first-order chi connectivity index (χ1) is 13.6. The summed E-state index contributed by atoms with van der Waals surface area (Å²) >= 11 is 0. The molecule has 0 radical (unpaired) electrons. The molecule has 1 N–H and O–H groups in total. The SMILES string of the molecule is Cc1ccc(Cn2c(=O)c(C#N)c(N3CCNCC3)c3cc(C)ccc32)cc1. The van der Waals surface area contributed by atoms with Crippen LogP contribution in [0.2, 0.25) is 0 Å².